The molecular weight excluding hydrogens is 170 g/mol. The minimum absolute atomic E-state index is 0.759. The van der Waals surface area contributed by atoms with Crippen molar-refractivity contribution in [3.8, 4) is 0 Å². The lowest BCUT2D eigenvalue weighted by Gasteiger charge is -2.26. The molecule has 0 saturated carbocycles. The molecule has 14 heavy (non-hydrogen) atoms. The Balaban J connectivity index is 3.96. The molecule has 0 aliphatic rings. The van der Waals surface area contributed by atoms with Crippen LogP contribution in [0, 0.1) is 5.92 Å². The molecule has 0 amide bonds. The molecule has 0 fully saturated rings. The van der Waals surface area contributed by atoms with E-state index in [0.717, 1.165) is 12.0 Å². The third kappa shape index (κ3) is 5.64. The van der Waals surface area contributed by atoms with Crippen LogP contribution in [-0.2, 0) is 0 Å². The topological polar surface area (TPSA) is 12.0 Å². The highest BCUT2D eigenvalue weighted by Crippen LogP contribution is 2.21. The Kier molecular flexibility index (Phi) is 9.49. The maximum atomic E-state index is 3.51. The van der Waals surface area contributed by atoms with E-state index in [2.05, 4.69) is 33.1 Å². The van der Waals surface area contributed by atoms with Crippen LogP contribution in [0.4, 0.5) is 0 Å². The Hall–Kier alpha value is -0.0400. The first-order chi connectivity index (χ1) is 6.79. The summed E-state index contributed by atoms with van der Waals surface area (Å²) < 4.78 is 0. The molecule has 0 rings (SSSR count). The first-order valence-corrected chi connectivity index (χ1v) is 6.47. The molecule has 0 aliphatic heterocycles. The molecule has 0 spiro atoms. The van der Waals surface area contributed by atoms with Gasteiger partial charge in [-0.1, -0.05) is 46.5 Å². The molecule has 0 bridgehead atoms. The minimum atomic E-state index is 0.759. The van der Waals surface area contributed by atoms with Crippen LogP contribution in [0.3, 0.4) is 0 Å². The number of hydrogen-bond donors (Lipinski definition) is 1. The molecule has 0 heterocycles. The van der Waals surface area contributed by atoms with Gasteiger partial charge in [-0.05, 0) is 32.2 Å². The van der Waals surface area contributed by atoms with Crippen LogP contribution in [0.25, 0.3) is 0 Å². The lowest BCUT2D eigenvalue weighted by Crippen LogP contribution is -2.33. The van der Waals surface area contributed by atoms with E-state index in [-0.39, 0.29) is 0 Å². The number of rotatable bonds is 9. The van der Waals surface area contributed by atoms with Gasteiger partial charge in [0.05, 0.1) is 0 Å². The maximum Gasteiger partial charge on any atom is 0.00923 e. The summed E-state index contributed by atoms with van der Waals surface area (Å²) in [5.74, 6) is 0.904. The molecule has 0 radical (unpaired) electrons. The number of hydrogen-bond acceptors (Lipinski definition) is 1. The quantitative estimate of drug-likeness (QED) is 0.592. The molecule has 1 atom stereocenters. The van der Waals surface area contributed by atoms with Gasteiger partial charge in [0.15, 0.2) is 0 Å². The van der Waals surface area contributed by atoms with Crippen molar-refractivity contribution in [3.05, 3.63) is 0 Å². The summed E-state index contributed by atoms with van der Waals surface area (Å²) in [6.07, 6.45) is 9.49. The van der Waals surface area contributed by atoms with Crippen LogP contribution in [-0.4, -0.2) is 13.1 Å². The van der Waals surface area contributed by atoms with E-state index < -0.39 is 0 Å². The molecular formula is C13H29N. The van der Waals surface area contributed by atoms with Gasteiger partial charge in [0.2, 0.25) is 0 Å². The van der Waals surface area contributed by atoms with Crippen molar-refractivity contribution in [3.63, 3.8) is 0 Å². The maximum absolute atomic E-state index is 3.51. The lowest BCUT2D eigenvalue weighted by atomic mass is 9.87. The lowest BCUT2D eigenvalue weighted by molar-refractivity contribution is 0.305. The average molecular weight is 199 g/mol. The van der Waals surface area contributed by atoms with Crippen LogP contribution in [0.2, 0.25) is 0 Å². The van der Waals surface area contributed by atoms with Crippen molar-refractivity contribution in [1.82, 2.24) is 5.32 Å². The summed E-state index contributed by atoms with van der Waals surface area (Å²) in [5, 5.41) is 3.51. The summed E-state index contributed by atoms with van der Waals surface area (Å²) in [6.45, 7) is 6.88. The fourth-order valence-corrected chi connectivity index (χ4v) is 2.33. The molecule has 0 aromatic carbocycles. The number of unbranched alkanes of at least 4 members (excludes halogenated alkanes) is 1. The zero-order valence-corrected chi connectivity index (χ0v) is 10.6. The fourth-order valence-electron chi connectivity index (χ4n) is 2.33. The van der Waals surface area contributed by atoms with Crippen molar-refractivity contribution in [2.45, 2.75) is 71.8 Å². The van der Waals surface area contributed by atoms with Crippen LogP contribution < -0.4 is 5.32 Å². The Morgan fingerprint density at radius 3 is 1.79 bits per heavy atom. The molecule has 0 aromatic rings. The predicted octanol–water partition coefficient (Wildman–Crippen LogP) is 3.98. The van der Waals surface area contributed by atoms with Gasteiger partial charge in [-0.25, -0.2) is 0 Å². The summed E-state index contributed by atoms with van der Waals surface area (Å²) in [5.41, 5.74) is 0. The van der Waals surface area contributed by atoms with E-state index >= 15 is 0 Å². The summed E-state index contributed by atoms with van der Waals surface area (Å²) >= 11 is 0. The van der Waals surface area contributed by atoms with E-state index in [0.29, 0.717) is 0 Å². The zero-order chi connectivity index (χ0) is 10.8. The van der Waals surface area contributed by atoms with Crippen LogP contribution in [0.15, 0.2) is 0 Å². The van der Waals surface area contributed by atoms with Gasteiger partial charge >= 0.3 is 0 Å². The van der Waals surface area contributed by atoms with Gasteiger partial charge in [-0.2, -0.15) is 0 Å². The second kappa shape index (κ2) is 9.51. The standard InChI is InChI=1S/C13H29N/c1-5-8-11-13(14-4)12(9-6-2)10-7-3/h12-14H,5-11H2,1-4H3. The van der Waals surface area contributed by atoms with Crippen LogP contribution >= 0.6 is 0 Å². The second-order valence-electron chi connectivity index (χ2n) is 4.37. The SMILES string of the molecule is CCCCC(NC)C(CCC)CCC. The average Bonchev–Trinajstić information content (AvgIpc) is 2.19. The van der Waals surface area contributed by atoms with E-state index in [1.54, 1.807) is 0 Å². The zero-order valence-electron chi connectivity index (χ0n) is 10.6. The molecule has 0 aliphatic carbocycles. The summed E-state index contributed by atoms with van der Waals surface area (Å²) in [6, 6.07) is 0.759. The summed E-state index contributed by atoms with van der Waals surface area (Å²) in [7, 11) is 2.12. The van der Waals surface area contributed by atoms with Gasteiger partial charge in [-0.15, -0.1) is 0 Å². The minimum Gasteiger partial charge on any atom is -0.317 e. The third-order valence-electron chi connectivity index (χ3n) is 3.13. The first kappa shape index (κ1) is 14.0. The van der Waals surface area contributed by atoms with Crippen molar-refractivity contribution in [1.29, 1.82) is 0 Å². The summed E-state index contributed by atoms with van der Waals surface area (Å²) in [4.78, 5) is 0. The van der Waals surface area contributed by atoms with E-state index in [4.69, 9.17) is 0 Å². The Bertz CT molecular complexity index is 106. The van der Waals surface area contributed by atoms with E-state index in [9.17, 15) is 0 Å². The largest absolute Gasteiger partial charge is 0.317 e. The van der Waals surface area contributed by atoms with Crippen molar-refractivity contribution in [2.75, 3.05) is 7.05 Å². The second-order valence-corrected chi connectivity index (χ2v) is 4.37. The molecule has 0 aromatic heterocycles. The molecule has 1 nitrogen and oxygen atoms in total. The van der Waals surface area contributed by atoms with Gasteiger partial charge in [-0.3, -0.25) is 0 Å². The smallest absolute Gasteiger partial charge is 0.00923 e. The number of nitrogens with one attached hydrogen (secondary N) is 1. The third-order valence-corrected chi connectivity index (χ3v) is 3.13. The molecule has 1 heteroatoms. The highest BCUT2D eigenvalue weighted by molar-refractivity contribution is 4.74. The predicted molar refractivity (Wildman–Crippen MR) is 65.7 cm³/mol. The Morgan fingerprint density at radius 1 is 0.857 bits per heavy atom. The van der Waals surface area contributed by atoms with E-state index in [1.807, 2.05) is 0 Å². The van der Waals surface area contributed by atoms with Crippen molar-refractivity contribution >= 4 is 0 Å². The van der Waals surface area contributed by atoms with Gasteiger partial charge < -0.3 is 5.32 Å². The molecule has 1 unspecified atom stereocenters. The molecule has 0 saturated heterocycles. The first-order valence-electron chi connectivity index (χ1n) is 6.47. The van der Waals surface area contributed by atoms with Crippen LogP contribution in [0.1, 0.15) is 65.7 Å². The molecule has 86 valence electrons. The fraction of sp³-hybridized carbons (Fsp3) is 1.00. The molecule has 1 N–H and O–H groups in total. The highest BCUT2D eigenvalue weighted by Gasteiger charge is 2.17. The van der Waals surface area contributed by atoms with Gasteiger partial charge in [0, 0.05) is 6.04 Å². The van der Waals surface area contributed by atoms with E-state index in [1.165, 1.54) is 44.9 Å². The normalized spacial score (nSPS) is 13.5. The monoisotopic (exact) mass is 199 g/mol. The Morgan fingerprint density at radius 2 is 1.43 bits per heavy atom. The Labute approximate surface area is 90.7 Å². The van der Waals surface area contributed by atoms with Gasteiger partial charge in [0.1, 0.15) is 0 Å². The van der Waals surface area contributed by atoms with Crippen molar-refractivity contribution in [2.24, 2.45) is 5.92 Å². The van der Waals surface area contributed by atoms with Crippen molar-refractivity contribution < 1.29 is 0 Å². The highest BCUT2D eigenvalue weighted by atomic mass is 14.9. The van der Waals surface area contributed by atoms with Gasteiger partial charge in [0.25, 0.3) is 0 Å². The van der Waals surface area contributed by atoms with Crippen LogP contribution in [0.5, 0.6) is 0 Å².